The van der Waals surface area contributed by atoms with Crippen LogP contribution in [0.1, 0.15) is 29.7 Å². The number of ether oxygens (including phenoxy) is 2. The molecule has 0 spiro atoms. The van der Waals surface area contributed by atoms with Crippen LogP contribution in [0.15, 0.2) is 24.4 Å². The molecule has 8 heteroatoms. The van der Waals surface area contributed by atoms with E-state index < -0.39 is 6.10 Å². The number of benzene rings is 1. The second kappa shape index (κ2) is 7.23. The molecule has 0 unspecified atom stereocenters. The first-order valence-corrected chi connectivity index (χ1v) is 9.28. The molecule has 0 aliphatic carbocycles. The van der Waals surface area contributed by atoms with Gasteiger partial charge in [0, 0.05) is 39.1 Å². The molecule has 142 valence electrons. The van der Waals surface area contributed by atoms with Crippen LogP contribution in [-0.4, -0.2) is 39.3 Å². The number of hydrogen-bond acceptors (Lipinski definition) is 5. The second-order valence-corrected chi connectivity index (χ2v) is 7.26. The number of rotatable bonds is 5. The van der Waals surface area contributed by atoms with Gasteiger partial charge in [0.2, 0.25) is 0 Å². The molecule has 0 bridgehead atoms. The Bertz CT molecular complexity index is 895. The van der Waals surface area contributed by atoms with Crippen LogP contribution in [0.3, 0.4) is 0 Å². The highest BCUT2D eigenvalue weighted by molar-refractivity contribution is 6.31. The van der Waals surface area contributed by atoms with Gasteiger partial charge in [-0.2, -0.15) is 5.10 Å². The fourth-order valence-corrected chi connectivity index (χ4v) is 3.71. The van der Waals surface area contributed by atoms with Crippen molar-refractivity contribution in [1.29, 1.82) is 0 Å². The van der Waals surface area contributed by atoms with Crippen molar-refractivity contribution in [3.63, 3.8) is 0 Å². The Balaban J connectivity index is 1.57. The quantitative estimate of drug-likeness (QED) is 0.733. The first-order valence-electron chi connectivity index (χ1n) is 8.90. The molecule has 0 saturated carbocycles. The minimum absolute atomic E-state index is 0.223. The Kier molecular flexibility index (Phi) is 4.78. The fraction of sp³-hybridized carbons (Fsp3) is 0.421. The normalized spacial score (nSPS) is 18.1. The van der Waals surface area contributed by atoms with Gasteiger partial charge in [-0.1, -0.05) is 23.7 Å². The number of hydrogen-bond donors (Lipinski definition) is 0. The fourth-order valence-electron chi connectivity index (χ4n) is 3.47. The van der Waals surface area contributed by atoms with E-state index in [9.17, 15) is 9.59 Å². The van der Waals surface area contributed by atoms with Crippen LogP contribution in [0.2, 0.25) is 5.02 Å². The number of amides is 1. The molecule has 1 atom stereocenters. The van der Waals surface area contributed by atoms with Crippen molar-refractivity contribution in [1.82, 2.24) is 14.7 Å². The van der Waals surface area contributed by atoms with Gasteiger partial charge in [-0.25, -0.2) is 0 Å². The Morgan fingerprint density at radius 3 is 2.93 bits per heavy atom. The van der Waals surface area contributed by atoms with E-state index in [0.717, 1.165) is 23.3 Å². The van der Waals surface area contributed by atoms with Gasteiger partial charge < -0.3 is 14.4 Å². The minimum Gasteiger partial charge on any atom is -0.493 e. The number of aryl methyl sites for hydroxylation is 1. The van der Waals surface area contributed by atoms with Gasteiger partial charge in [-0.3, -0.25) is 14.3 Å². The average Bonchev–Trinajstić information content (AvgIpc) is 3.34. The lowest BCUT2D eigenvalue weighted by molar-refractivity contribution is -0.153. The summed E-state index contributed by atoms with van der Waals surface area (Å²) in [5.74, 6) is 0.340. The molecular formula is C19H20ClN3O4. The lowest BCUT2D eigenvalue weighted by atomic mass is 10.1. The molecule has 4 rings (SSSR count). The third kappa shape index (κ3) is 3.78. The summed E-state index contributed by atoms with van der Waals surface area (Å²) in [6, 6.07) is 5.94. The van der Waals surface area contributed by atoms with E-state index in [1.807, 2.05) is 12.1 Å². The topological polar surface area (TPSA) is 73.7 Å². The van der Waals surface area contributed by atoms with Gasteiger partial charge >= 0.3 is 5.97 Å². The van der Waals surface area contributed by atoms with Crippen LogP contribution >= 0.6 is 11.6 Å². The number of carbonyl (C=O) groups is 2. The summed E-state index contributed by atoms with van der Waals surface area (Å²) in [5, 5.41) is 4.84. The molecule has 1 aromatic heterocycles. The van der Waals surface area contributed by atoms with E-state index in [1.54, 1.807) is 22.8 Å². The molecular weight excluding hydrogens is 370 g/mol. The molecule has 1 aromatic carbocycles. The number of aromatic nitrogens is 2. The van der Waals surface area contributed by atoms with Gasteiger partial charge in [0.15, 0.2) is 6.10 Å². The van der Waals surface area contributed by atoms with Crippen molar-refractivity contribution >= 4 is 23.5 Å². The van der Waals surface area contributed by atoms with E-state index in [4.69, 9.17) is 21.1 Å². The molecule has 2 aliphatic heterocycles. The summed E-state index contributed by atoms with van der Waals surface area (Å²) in [5.41, 5.74) is 2.74. The van der Waals surface area contributed by atoms with E-state index in [1.165, 1.54) is 0 Å². The van der Waals surface area contributed by atoms with Crippen molar-refractivity contribution in [2.45, 2.75) is 38.5 Å². The molecule has 27 heavy (non-hydrogen) atoms. The van der Waals surface area contributed by atoms with Gasteiger partial charge in [-0.15, -0.1) is 0 Å². The summed E-state index contributed by atoms with van der Waals surface area (Å²) < 4.78 is 12.3. The van der Waals surface area contributed by atoms with Gasteiger partial charge in [0.25, 0.3) is 5.91 Å². The van der Waals surface area contributed by atoms with Gasteiger partial charge in [0.05, 0.1) is 18.2 Å². The van der Waals surface area contributed by atoms with Crippen LogP contribution in [0.4, 0.5) is 0 Å². The predicted molar refractivity (Wildman–Crippen MR) is 97.2 cm³/mol. The zero-order chi connectivity index (χ0) is 19.0. The molecule has 3 heterocycles. The lowest BCUT2D eigenvalue weighted by Gasteiger charge is -2.25. The molecule has 2 aromatic rings. The van der Waals surface area contributed by atoms with Crippen LogP contribution in [-0.2, 0) is 40.9 Å². The predicted octanol–water partition coefficient (Wildman–Crippen LogP) is 2.24. The number of carbonyl (C=O) groups excluding carboxylic acids is 2. The Morgan fingerprint density at radius 1 is 1.37 bits per heavy atom. The SMILES string of the molecule is Cn1cc(Cl)c(CN(Cc2ccc3c(c2)CCO3)C(=O)[C@@H]2CCC(=O)O2)n1. The summed E-state index contributed by atoms with van der Waals surface area (Å²) in [4.78, 5) is 26.1. The minimum atomic E-state index is -0.738. The zero-order valence-corrected chi connectivity index (χ0v) is 15.7. The van der Waals surface area contributed by atoms with E-state index >= 15 is 0 Å². The standard InChI is InChI=1S/C19H20ClN3O4/c1-22-10-14(20)15(21-22)11-23(19(25)17-4-5-18(24)27-17)9-12-2-3-16-13(8-12)6-7-26-16/h2-3,8,10,17H,4-7,9,11H2,1H3/t17-/m0/s1. The highest BCUT2D eigenvalue weighted by Crippen LogP contribution is 2.27. The van der Waals surface area contributed by atoms with E-state index in [-0.39, 0.29) is 24.8 Å². The Morgan fingerprint density at radius 2 is 2.22 bits per heavy atom. The van der Waals surface area contributed by atoms with Crippen LogP contribution < -0.4 is 4.74 Å². The van der Waals surface area contributed by atoms with Crippen molar-refractivity contribution in [3.8, 4) is 5.75 Å². The zero-order valence-electron chi connectivity index (χ0n) is 15.0. The highest BCUT2D eigenvalue weighted by Gasteiger charge is 2.33. The van der Waals surface area contributed by atoms with Gasteiger partial charge in [0.1, 0.15) is 11.4 Å². The molecule has 7 nitrogen and oxygen atoms in total. The number of nitrogens with zero attached hydrogens (tertiary/aromatic N) is 3. The number of halogens is 1. The molecule has 0 N–H and O–H groups in total. The maximum absolute atomic E-state index is 13.0. The maximum Gasteiger partial charge on any atom is 0.306 e. The Hall–Kier alpha value is -2.54. The Labute approximate surface area is 161 Å². The second-order valence-electron chi connectivity index (χ2n) is 6.85. The molecule has 1 fully saturated rings. The van der Waals surface area contributed by atoms with Crippen molar-refractivity contribution in [3.05, 3.63) is 46.2 Å². The van der Waals surface area contributed by atoms with Crippen LogP contribution in [0.5, 0.6) is 5.75 Å². The first kappa shape index (κ1) is 17.9. The molecule has 0 radical (unpaired) electrons. The molecule has 2 aliphatic rings. The summed E-state index contributed by atoms with van der Waals surface area (Å²) >= 11 is 6.23. The molecule has 1 saturated heterocycles. The third-order valence-electron chi connectivity index (χ3n) is 4.79. The van der Waals surface area contributed by atoms with Crippen molar-refractivity contribution < 1.29 is 19.1 Å². The summed E-state index contributed by atoms with van der Waals surface area (Å²) in [7, 11) is 1.78. The van der Waals surface area contributed by atoms with Gasteiger partial charge in [-0.05, 0) is 17.2 Å². The number of cyclic esters (lactones) is 1. The van der Waals surface area contributed by atoms with Crippen LogP contribution in [0, 0.1) is 0 Å². The molecule has 1 amide bonds. The van der Waals surface area contributed by atoms with Crippen molar-refractivity contribution in [2.75, 3.05) is 6.61 Å². The summed E-state index contributed by atoms with van der Waals surface area (Å²) in [6.07, 6.45) is 2.50. The van der Waals surface area contributed by atoms with E-state index in [0.29, 0.717) is 30.3 Å². The maximum atomic E-state index is 13.0. The number of esters is 1. The smallest absolute Gasteiger partial charge is 0.306 e. The monoisotopic (exact) mass is 389 g/mol. The lowest BCUT2D eigenvalue weighted by Crippen LogP contribution is -2.38. The third-order valence-corrected chi connectivity index (χ3v) is 5.11. The number of fused-ring (bicyclic) bond motifs is 1. The largest absolute Gasteiger partial charge is 0.493 e. The van der Waals surface area contributed by atoms with Crippen molar-refractivity contribution in [2.24, 2.45) is 7.05 Å². The van der Waals surface area contributed by atoms with E-state index in [2.05, 4.69) is 11.2 Å². The first-order chi connectivity index (χ1) is 13.0. The average molecular weight is 390 g/mol. The van der Waals surface area contributed by atoms with Crippen LogP contribution in [0.25, 0.3) is 0 Å². The summed E-state index contributed by atoms with van der Waals surface area (Å²) in [6.45, 7) is 1.32. The highest BCUT2D eigenvalue weighted by atomic mass is 35.5.